The van der Waals surface area contributed by atoms with Gasteiger partial charge in [-0.1, -0.05) is 154 Å². The highest BCUT2D eigenvalue weighted by Gasteiger charge is 2.27. The van der Waals surface area contributed by atoms with Crippen LogP contribution in [0.1, 0.15) is 174 Å². The molecule has 3 unspecified atom stereocenters. The van der Waals surface area contributed by atoms with Gasteiger partial charge in [-0.2, -0.15) is 0 Å². The smallest absolute Gasteiger partial charge is 0.462 e. The Bertz CT molecular complexity index is 982. The zero-order valence-corrected chi connectivity index (χ0v) is 35.5. The summed E-state index contributed by atoms with van der Waals surface area (Å²) in [4.78, 5) is 35.3. The van der Waals surface area contributed by atoms with Crippen molar-refractivity contribution in [2.24, 2.45) is 0 Å². The molecule has 0 aromatic heterocycles. The number of allylic oxidation sites excluding steroid dienone is 3. The number of rotatable bonds is 38. The van der Waals surface area contributed by atoms with E-state index in [1.165, 1.54) is 64.2 Å². The van der Waals surface area contributed by atoms with Crippen LogP contribution in [0.2, 0.25) is 0 Å². The van der Waals surface area contributed by atoms with E-state index in [9.17, 15) is 24.2 Å². The van der Waals surface area contributed by atoms with E-state index in [2.05, 4.69) is 19.9 Å². The minimum atomic E-state index is -4.39. The molecule has 53 heavy (non-hydrogen) atoms. The number of esters is 2. The van der Waals surface area contributed by atoms with Crippen molar-refractivity contribution in [1.82, 2.24) is 0 Å². The van der Waals surface area contributed by atoms with Gasteiger partial charge >= 0.3 is 19.8 Å². The van der Waals surface area contributed by atoms with Gasteiger partial charge in [0, 0.05) is 12.8 Å². The summed E-state index contributed by atoms with van der Waals surface area (Å²) in [5.74, 6) is -0.845. The Morgan fingerprint density at radius 3 is 1.74 bits per heavy atom. The number of unbranched alkanes of at least 4 members (excludes halogenated alkanes) is 19. The lowest BCUT2D eigenvalue weighted by atomic mass is 10.0. The van der Waals surface area contributed by atoms with Gasteiger partial charge in [-0.05, 0) is 32.1 Å². The molecule has 10 nitrogen and oxygen atoms in total. The fourth-order valence-electron chi connectivity index (χ4n) is 5.68. The van der Waals surface area contributed by atoms with E-state index >= 15 is 0 Å². The molecule has 0 spiro atoms. The topological polar surface area (TPSA) is 129 Å². The second-order valence-electron chi connectivity index (χ2n) is 15.6. The van der Waals surface area contributed by atoms with E-state index < -0.39 is 26.5 Å². The van der Waals surface area contributed by atoms with Gasteiger partial charge in [-0.3, -0.25) is 18.6 Å². The molecule has 0 saturated heterocycles. The van der Waals surface area contributed by atoms with Crippen LogP contribution in [0, 0.1) is 0 Å². The summed E-state index contributed by atoms with van der Waals surface area (Å²) in [7, 11) is 1.44. The molecule has 0 aliphatic carbocycles. The number of nitrogens with zero attached hydrogens (tertiary/aromatic N) is 1. The fraction of sp³-hybridized carbons (Fsp3) is 0.857. The molecule has 0 rings (SSSR count). The zero-order chi connectivity index (χ0) is 39.5. The van der Waals surface area contributed by atoms with E-state index in [1.807, 2.05) is 39.4 Å². The summed E-state index contributed by atoms with van der Waals surface area (Å²) in [6.07, 6.45) is 32.6. The highest BCUT2D eigenvalue weighted by molar-refractivity contribution is 7.47. The van der Waals surface area contributed by atoms with Crippen LogP contribution in [0.25, 0.3) is 0 Å². The quantitative estimate of drug-likeness (QED) is 0.0207. The Hall–Kier alpha value is -1.55. The minimum Gasteiger partial charge on any atom is -0.462 e. The van der Waals surface area contributed by atoms with Crippen molar-refractivity contribution in [3.8, 4) is 0 Å². The third-order valence-corrected chi connectivity index (χ3v) is 10.1. The number of likely N-dealkylation sites (N-methyl/N-ethyl adjacent to an activating group) is 1. The molecule has 3 atom stereocenters. The predicted molar refractivity (Wildman–Crippen MR) is 217 cm³/mol. The average Bonchev–Trinajstić information content (AvgIpc) is 3.09. The first kappa shape index (κ1) is 51.5. The number of aliphatic hydroxyl groups excluding tert-OH is 1. The average molecular weight is 775 g/mol. The van der Waals surface area contributed by atoms with Crippen LogP contribution in [0.15, 0.2) is 24.3 Å². The van der Waals surface area contributed by atoms with Gasteiger partial charge in [0.2, 0.25) is 0 Å². The van der Waals surface area contributed by atoms with Crippen molar-refractivity contribution in [3.63, 3.8) is 0 Å². The zero-order valence-electron chi connectivity index (χ0n) is 34.6. The Morgan fingerprint density at radius 2 is 1.17 bits per heavy atom. The number of phosphoric ester groups is 1. The molecular formula is C42H81NO9P+. The van der Waals surface area contributed by atoms with Crippen LogP contribution in [0.5, 0.6) is 0 Å². The summed E-state index contributed by atoms with van der Waals surface area (Å²) in [6, 6.07) is 0. The molecule has 0 aliphatic heterocycles. The van der Waals surface area contributed by atoms with E-state index in [0.29, 0.717) is 17.4 Å². The lowest BCUT2D eigenvalue weighted by molar-refractivity contribution is -0.870. The van der Waals surface area contributed by atoms with Crippen molar-refractivity contribution in [2.45, 2.75) is 187 Å². The van der Waals surface area contributed by atoms with E-state index in [1.54, 1.807) is 0 Å². The normalized spacial score (nSPS) is 14.5. The second kappa shape index (κ2) is 34.9. The van der Waals surface area contributed by atoms with E-state index in [-0.39, 0.29) is 38.1 Å². The summed E-state index contributed by atoms with van der Waals surface area (Å²) < 4.78 is 34.2. The van der Waals surface area contributed by atoms with Crippen LogP contribution >= 0.6 is 7.82 Å². The van der Waals surface area contributed by atoms with Crippen LogP contribution in [0.4, 0.5) is 0 Å². The van der Waals surface area contributed by atoms with Crippen LogP contribution in [-0.2, 0) is 32.7 Å². The number of carbonyl (C=O) groups is 2. The van der Waals surface area contributed by atoms with Crippen molar-refractivity contribution in [2.75, 3.05) is 47.5 Å². The van der Waals surface area contributed by atoms with Crippen LogP contribution in [0.3, 0.4) is 0 Å². The van der Waals surface area contributed by atoms with Crippen molar-refractivity contribution < 1.29 is 47.2 Å². The highest BCUT2D eigenvalue weighted by Crippen LogP contribution is 2.43. The first-order valence-corrected chi connectivity index (χ1v) is 22.7. The molecule has 2 N–H and O–H groups in total. The SMILES string of the molecule is CCCCCCCCCCCCCCCC(=O)OCC(COP(=O)(O)OCC[N+](C)(C)C)OC(=O)CCCCCCCC=CC=CC(O)CCCCC. The first-order valence-electron chi connectivity index (χ1n) is 21.2. The molecule has 0 aromatic carbocycles. The van der Waals surface area contributed by atoms with Crippen molar-refractivity contribution >= 4 is 19.8 Å². The van der Waals surface area contributed by atoms with Crippen molar-refractivity contribution in [3.05, 3.63) is 24.3 Å². The van der Waals surface area contributed by atoms with Gasteiger partial charge in [0.25, 0.3) is 0 Å². The maximum atomic E-state index is 12.7. The molecule has 0 aliphatic rings. The molecule has 312 valence electrons. The van der Waals surface area contributed by atoms with Crippen LogP contribution < -0.4 is 0 Å². The number of quaternary nitrogens is 1. The lowest BCUT2D eigenvalue weighted by Gasteiger charge is -2.24. The van der Waals surface area contributed by atoms with E-state index in [0.717, 1.165) is 77.0 Å². The van der Waals surface area contributed by atoms with Gasteiger partial charge in [0.05, 0.1) is 33.9 Å². The second-order valence-corrected chi connectivity index (χ2v) is 17.0. The third kappa shape index (κ3) is 38.5. The number of phosphoric acid groups is 1. The maximum absolute atomic E-state index is 12.7. The molecule has 0 amide bonds. The number of ether oxygens (including phenoxy) is 2. The number of hydrogen-bond donors (Lipinski definition) is 2. The standard InChI is InChI=1S/C42H80NO9P/c1-6-8-10-11-12-13-14-15-16-19-22-25-29-33-41(45)49-37-40(38-51-53(47,48)50-36-35-43(3,4)5)52-42(46)34-30-26-23-20-17-18-21-24-28-32-39(44)31-27-9-7-2/h21,24,28,32,39-40,44H,6-20,22-23,25-27,29-31,33-38H2,1-5H3/p+1. The molecule has 11 heteroatoms. The largest absolute Gasteiger partial charge is 0.472 e. The Morgan fingerprint density at radius 1 is 0.660 bits per heavy atom. The Kier molecular flexibility index (Phi) is 33.9. The molecular weight excluding hydrogens is 693 g/mol. The Labute approximate surface area is 324 Å². The third-order valence-electron chi connectivity index (χ3n) is 9.09. The molecule has 0 bridgehead atoms. The lowest BCUT2D eigenvalue weighted by Crippen LogP contribution is -2.37. The van der Waals surface area contributed by atoms with Gasteiger partial charge in [-0.25, -0.2) is 4.57 Å². The molecule has 0 radical (unpaired) electrons. The van der Waals surface area contributed by atoms with Gasteiger partial charge in [0.1, 0.15) is 19.8 Å². The molecule has 0 saturated carbocycles. The minimum absolute atomic E-state index is 0.0203. The van der Waals surface area contributed by atoms with Gasteiger partial charge < -0.3 is 24.0 Å². The highest BCUT2D eigenvalue weighted by atomic mass is 31.2. The molecule has 0 heterocycles. The summed E-state index contributed by atoms with van der Waals surface area (Å²) >= 11 is 0. The molecule has 0 fully saturated rings. The number of aliphatic hydroxyl groups is 1. The predicted octanol–water partition coefficient (Wildman–Crippen LogP) is 10.5. The first-order chi connectivity index (χ1) is 25.4. The summed E-state index contributed by atoms with van der Waals surface area (Å²) in [5.41, 5.74) is 0. The monoisotopic (exact) mass is 775 g/mol. The summed E-state index contributed by atoms with van der Waals surface area (Å²) in [5, 5.41) is 9.93. The molecule has 0 aromatic rings. The van der Waals surface area contributed by atoms with Gasteiger partial charge in [-0.15, -0.1) is 0 Å². The summed E-state index contributed by atoms with van der Waals surface area (Å²) in [6.45, 7) is 4.26. The van der Waals surface area contributed by atoms with Crippen molar-refractivity contribution in [1.29, 1.82) is 0 Å². The number of carbonyl (C=O) groups excluding carboxylic acids is 2. The fourth-order valence-corrected chi connectivity index (χ4v) is 6.42. The van der Waals surface area contributed by atoms with E-state index in [4.69, 9.17) is 18.5 Å². The number of hydrogen-bond acceptors (Lipinski definition) is 8. The van der Waals surface area contributed by atoms with Gasteiger partial charge in [0.15, 0.2) is 6.10 Å². The Balaban J connectivity index is 4.45. The maximum Gasteiger partial charge on any atom is 0.472 e. The van der Waals surface area contributed by atoms with Crippen LogP contribution in [-0.4, -0.2) is 86.1 Å².